The van der Waals surface area contributed by atoms with Crippen molar-refractivity contribution in [3.8, 4) is 17.2 Å². The molecule has 0 bridgehead atoms. The smallest absolute Gasteiger partial charge is 0.209 e. The lowest BCUT2D eigenvalue weighted by atomic mass is 10.2. The Morgan fingerprint density at radius 3 is 1.90 bits per heavy atom. The van der Waals surface area contributed by atoms with Crippen molar-refractivity contribution in [2.24, 2.45) is 0 Å². The third-order valence-electron chi connectivity index (χ3n) is 3.48. The summed E-state index contributed by atoms with van der Waals surface area (Å²) < 4.78 is 16.0. The average Bonchev–Trinajstić information content (AvgIpc) is 2.53. The summed E-state index contributed by atoms with van der Waals surface area (Å²) in [4.78, 5) is 14.7. The van der Waals surface area contributed by atoms with Crippen molar-refractivity contribution in [1.82, 2.24) is 4.90 Å². The van der Waals surface area contributed by atoms with Crippen molar-refractivity contribution in [3.05, 3.63) is 12.1 Å². The number of nitrogens with zero attached hydrogens (tertiary/aromatic N) is 2. The number of amides is 1. The minimum atomic E-state index is 0.588. The fourth-order valence-corrected chi connectivity index (χ4v) is 2.34. The number of hydrogen-bond donors (Lipinski definition) is 0. The summed E-state index contributed by atoms with van der Waals surface area (Å²) in [5.41, 5.74) is 1.00. The lowest BCUT2D eigenvalue weighted by Gasteiger charge is -2.34. The molecule has 2 rings (SSSR count). The number of carbonyl (C=O) groups is 1. The minimum absolute atomic E-state index is 0.588. The Kier molecular flexibility index (Phi) is 4.55. The summed E-state index contributed by atoms with van der Waals surface area (Å²) in [6.45, 7) is 3.02. The second kappa shape index (κ2) is 6.36. The molecule has 0 saturated carbocycles. The average molecular weight is 280 g/mol. The molecule has 6 heteroatoms. The first kappa shape index (κ1) is 14.3. The zero-order chi connectivity index (χ0) is 14.5. The summed E-state index contributed by atoms with van der Waals surface area (Å²) in [6, 6.07) is 3.86. The second-order valence-corrected chi connectivity index (χ2v) is 4.51. The Hall–Kier alpha value is -2.11. The van der Waals surface area contributed by atoms with Gasteiger partial charge in [0.2, 0.25) is 12.2 Å². The summed E-state index contributed by atoms with van der Waals surface area (Å²) in [7, 11) is 4.79. The number of rotatable bonds is 5. The van der Waals surface area contributed by atoms with Crippen LogP contribution in [-0.4, -0.2) is 58.8 Å². The fourth-order valence-electron chi connectivity index (χ4n) is 2.34. The molecule has 0 atom stereocenters. The molecule has 1 aromatic carbocycles. The molecule has 20 heavy (non-hydrogen) atoms. The van der Waals surface area contributed by atoms with Crippen LogP contribution in [0.25, 0.3) is 0 Å². The van der Waals surface area contributed by atoms with Crippen molar-refractivity contribution in [2.75, 3.05) is 52.4 Å². The second-order valence-electron chi connectivity index (χ2n) is 4.51. The largest absolute Gasteiger partial charge is 0.493 e. The highest BCUT2D eigenvalue weighted by molar-refractivity contribution is 5.64. The van der Waals surface area contributed by atoms with Crippen molar-refractivity contribution >= 4 is 12.1 Å². The van der Waals surface area contributed by atoms with Gasteiger partial charge in [0.15, 0.2) is 11.5 Å². The quantitative estimate of drug-likeness (QED) is 0.753. The van der Waals surface area contributed by atoms with Crippen LogP contribution in [-0.2, 0) is 4.79 Å². The van der Waals surface area contributed by atoms with Gasteiger partial charge >= 0.3 is 0 Å². The molecule has 0 N–H and O–H groups in total. The summed E-state index contributed by atoms with van der Waals surface area (Å²) >= 11 is 0. The van der Waals surface area contributed by atoms with E-state index in [1.165, 1.54) is 0 Å². The van der Waals surface area contributed by atoms with Gasteiger partial charge in [0, 0.05) is 44.0 Å². The van der Waals surface area contributed by atoms with E-state index in [1.807, 2.05) is 12.1 Å². The number of ether oxygens (including phenoxy) is 3. The van der Waals surface area contributed by atoms with Crippen LogP contribution < -0.4 is 19.1 Å². The maximum Gasteiger partial charge on any atom is 0.209 e. The first-order valence-electron chi connectivity index (χ1n) is 6.47. The topological polar surface area (TPSA) is 51.2 Å². The van der Waals surface area contributed by atoms with Crippen molar-refractivity contribution in [3.63, 3.8) is 0 Å². The molecule has 1 aliphatic rings. The van der Waals surface area contributed by atoms with E-state index in [1.54, 1.807) is 26.2 Å². The molecule has 0 aliphatic carbocycles. The Morgan fingerprint density at radius 1 is 0.950 bits per heavy atom. The van der Waals surface area contributed by atoms with E-state index in [4.69, 9.17) is 14.2 Å². The predicted octanol–water partition coefficient (Wildman–Crippen LogP) is 0.991. The van der Waals surface area contributed by atoms with E-state index >= 15 is 0 Å². The molecule has 1 fully saturated rings. The number of hydrogen-bond acceptors (Lipinski definition) is 5. The Labute approximate surface area is 118 Å². The molecule has 1 saturated heterocycles. The molecule has 1 aromatic rings. The molecule has 0 unspecified atom stereocenters. The van der Waals surface area contributed by atoms with E-state index in [-0.39, 0.29) is 0 Å². The SMILES string of the molecule is COc1cc(N2CCN(C=O)CC2)cc(OC)c1OC. The van der Waals surface area contributed by atoms with Crippen LogP contribution in [0.3, 0.4) is 0 Å². The highest BCUT2D eigenvalue weighted by Crippen LogP contribution is 2.41. The summed E-state index contributed by atoms with van der Waals surface area (Å²) in [5, 5.41) is 0. The normalized spacial score (nSPS) is 14.9. The molecule has 0 radical (unpaired) electrons. The van der Waals surface area contributed by atoms with Gasteiger partial charge in [0.1, 0.15) is 0 Å². The third-order valence-corrected chi connectivity index (χ3v) is 3.48. The maximum atomic E-state index is 10.7. The van der Waals surface area contributed by atoms with Crippen LogP contribution in [0, 0.1) is 0 Å². The maximum absolute atomic E-state index is 10.7. The molecule has 6 nitrogen and oxygen atoms in total. The summed E-state index contributed by atoms with van der Waals surface area (Å²) in [5.74, 6) is 1.87. The molecule has 0 aromatic heterocycles. The molecule has 1 aliphatic heterocycles. The van der Waals surface area contributed by atoms with Crippen LogP contribution in [0.1, 0.15) is 0 Å². The lowest BCUT2D eigenvalue weighted by Crippen LogP contribution is -2.45. The lowest BCUT2D eigenvalue weighted by molar-refractivity contribution is -0.118. The van der Waals surface area contributed by atoms with E-state index in [0.29, 0.717) is 17.2 Å². The number of carbonyl (C=O) groups excluding carboxylic acids is 1. The van der Waals surface area contributed by atoms with Crippen LogP contribution in [0.5, 0.6) is 17.2 Å². The Bertz CT molecular complexity index is 445. The van der Waals surface area contributed by atoms with Crippen molar-refractivity contribution in [1.29, 1.82) is 0 Å². The molecule has 1 heterocycles. The van der Waals surface area contributed by atoms with Crippen molar-refractivity contribution < 1.29 is 19.0 Å². The van der Waals surface area contributed by atoms with Gasteiger partial charge in [-0.25, -0.2) is 0 Å². The van der Waals surface area contributed by atoms with Gasteiger partial charge in [-0.3, -0.25) is 4.79 Å². The van der Waals surface area contributed by atoms with E-state index in [0.717, 1.165) is 38.3 Å². The summed E-state index contributed by atoms with van der Waals surface area (Å²) in [6.07, 6.45) is 0.895. The fraction of sp³-hybridized carbons (Fsp3) is 0.500. The van der Waals surface area contributed by atoms with Crippen LogP contribution >= 0.6 is 0 Å². The van der Waals surface area contributed by atoms with Gasteiger partial charge in [0.25, 0.3) is 0 Å². The monoisotopic (exact) mass is 280 g/mol. The standard InChI is InChI=1S/C14H20N2O4/c1-18-12-8-11(9-13(19-2)14(12)20-3)16-6-4-15(10-17)5-7-16/h8-10H,4-7H2,1-3H3. The van der Waals surface area contributed by atoms with Gasteiger partial charge in [-0.1, -0.05) is 0 Å². The molecular formula is C14H20N2O4. The highest BCUT2D eigenvalue weighted by atomic mass is 16.5. The van der Waals surface area contributed by atoms with E-state index in [9.17, 15) is 4.79 Å². The van der Waals surface area contributed by atoms with Crippen molar-refractivity contribution in [2.45, 2.75) is 0 Å². The van der Waals surface area contributed by atoms with Gasteiger partial charge in [-0.05, 0) is 0 Å². The molecule has 110 valence electrons. The van der Waals surface area contributed by atoms with Gasteiger partial charge < -0.3 is 24.0 Å². The number of benzene rings is 1. The molecule has 1 amide bonds. The van der Waals surface area contributed by atoms with Crippen LogP contribution in [0.4, 0.5) is 5.69 Å². The Balaban J connectivity index is 2.26. The first-order valence-corrected chi connectivity index (χ1v) is 6.47. The zero-order valence-corrected chi connectivity index (χ0v) is 12.1. The Morgan fingerprint density at radius 2 is 1.50 bits per heavy atom. The zero-order valence-electron chi connectivity index (χ0n) is 12.1. The van der Waals surface area contributed by atoms with Crippen LogP contribution in [0.2, 0.25) is 0 Å². The number of piperazine rings is 1. The van der Waals surface area contributed by atoms with Gasteiger partial charge in [-0.15, -0.1) is 0 Å². The third kappa shape index (κ3) is 2.74. The highest BCUT2D eigenvalue weighted by Gasteiger charge is 2.20. The predicted molar refractivity (Wildman–Crippen MR) is 75.9 cm³/mol. The minimum Gasteiger partial charge on any atom is -0.493 e. The number of anilines is 1. The van der Waals surface area contributed by atoms with Gasteiger partial charge in [0.05, 0.1) is 21.3 Å². The number of methoxy groups -OCH3 is 3. The first-order chi connectivity index (χ1) is 9.73. The van der Waals surface area contributed by atoms with Gasteiger partial charge in [-0.2, -0.15) is 0 Å². The van der Waals surface area contributed by atoms with E-state index in [2.05, 4.69) is 4.90 Å². The molecular weight excluding hydrogens is 260 g/mol. The molecule has 0 spiro atoms. The van der Waals surface area contributed by atoms with Crippen LogP contribution in [0.15, 0.2) is 12.1 Å². The van der Waals surface area contributed by atoms with E-state index < -0.39 is 0 Å².